The number of hydrogen-bond donors (Lipinski definition) is 2. The highest BCUT2D eigenvalue weighted by molar-refractivity contribution is 7.08. The van der Waals surface area contributed by atoms with Gasteiger partial charge in [-0.15, -0.1) is 0 Å². The average Bonchev–Trinajstić information content (AvgIpc) is 3.24. The fourth-order valence-corrected chi connectivity index (χ4v) is 2.99. The lowest BCUT2D eigenvalue weighted by Crippen LogP contribution is -2.13. The highest BCUT2D eigenvalue weighted by Gasteiger charge is 2.17. The molecule has 7 heteroatoms. The van der Waals surface area contributed by atoms with Crippen molar-refractivity contribution >= 4 is 22.9 Å². The van der Waals surface area contributed by atoms with Gasteiger partial charge in [-0.25, -0.2) is 0 Å². The zero-order valence-electron chi connectivity index (χ0n) is 13.5. The number of aromatic amines is 1. The van der Waals surface area contributed by atoms with Crippen LogP contribution in [0.4, 0.5) is 5.69 Å². The van der Waals surface area contributed by atoms with Crippen LogP contribution in [0.3, 0.4) is 0 Å². The summed E-state index contributed by atoms with van der Waals surface area (Å²) in [4.78, 5) is 12.6. The molecular formula is C17H17N3O3S. The van der Waals surface area contributed by atoms with Crippen LogP contribution in [-0.2, 0) is 0 Å². The molecule has 3 aromatic rings. The van der Waals surface area contributed by atoms with Gasteiger partial charge >= 0.3 is 0 Å². The molecule has 0 radical (unpaired) electrons. The summed E-state index contributed by atoms with van der Waals surface area (Å²) in [6.45, 7) is 1.87. The molecule has 0 unspecified atom stereocenters. The van der Waals surface area contributed by atoms with E-state index in [1.54, 1.807) is 36.6 Å². The van der Waals surface area contributed by atoms with Crippen molar-refractivity contribution in [3.63, 3.8) is 0 Å². The topological polar surface area (TPSA) is 76.2 Å². The Morgan fingerprint density at radius 3 is 2.67 bits per heavy atom. The molecule has 0 aliphatic rings. The minimum Gasteiger partial charge on any atom is -0.493 e. The molecule has 2 heterocycles. The minimum atomic E-state index is -0.239. The number of nitrogens with zero attached hydrogens (tertiary/aromatic N) is 1. The Bertz CT molecular complexity index is 856. The van der Waals surface area contributed by atoms with Crippen molar-refractivity contribution in [1.29, 1.82) is 0 Å². The Morgan fingerprint density at radius 2 is 2.00 bits per heavy atom. The molecule has 3 rings (SSSR count). The van der Waals surface area contributed by atoms with Crippen molar-refractivity contribution in [1.82, 2.24) is 10.2 Å². The van der Waals surface area contributed by atoms with Gasteiger partial charge in [0.25, 0.3) is 5.91 Å². The molecule has 0 fully saturated rings. The molecule has 0 aliphatic heterocycles. The number of methoxy groups -OCH3 is 2. The fraction of sp³-hybridized carbons (Fsp3) is 0.176. The second-order valence-corrected chi connectivity index (χ2v) is 5.89. The number of ether oxygens (including phenoxy) is 2. The van der Waals surface area contributed by atoms with E-state index in [2.05, 4.69) is 15.5 Å². The van der Waals surface area contributed by atoms with Gasteiger partial charge in [-0.2, -0.15) is 16.4 Å². The Morgan fingerprint density at radius 1 is 1.21 bits per heavy atom. The normalized spacial score (nSPS) is 10.5. The fourth-order valence-electron chi connectivity index (χ4n) is 2.35. The number of thiophene rings is 1. The van der Waals surface area contributed by atoms with Crippen LogP contribution >= 0.6 is 11.3 Å². The number of amides is 1. The van der Waals surface area contributed by atoms with Crippen LogP contribution in [-0.4, -0.2) is 30.3 Å². The first-order valence-corrected chi connectivity index (χ1v) is 8.19. The largest absolute Gasteiger partial charge is 0.493 e. The van der Waals surface area contributed by atoms with Gasteiger partial charge in [0.2, 0.25) is 0 Å². The predicted molar refractivity (Wildman–Crippen MR) is 94.1 cm³/mol. The molecule has 0 atom stereocenters. The number of rotatable bonds is 5. The van der Waals surface area contributed by atoms with E-state index in [1.807, 2.05) is 23.8 Å². The monoisotopic (exact) mass is 343 g/mol. The molecule has 0 saturated heterocycles. The van der Waals surface area contributed by atoms with Gasteiger partial charge in [0.05, 0.1) is 25.6 Å². The lowest BCUT2D eigenvalue weighted by Gasteiger charge is -2.10. The van der Waals surface area contributed by atoms with Crippen molar-refractivity contribution in [2.75, 3.05) is 19.5 Å². The van der Waals surface area contributed by atoms with Crippen molar-refractivity contribution in [3.8, 4) is 22.8 Å². The highest BCUT2D eigenvalue weighted by atomic mass is 32.1. The molecule has 2 N–H and O–H groups in total. The second-order valence-electron chi connectivity index (χ2n) is 5.11. The maximum Gasteiger partial charge on any atom is 0.255 e. The Balaban J connectivity index is 1.90. The van der Waals surface area contributed by atoms with Crippen LogP contribution < -0.4 is 14.8 Å². The molecular weight excluding hydrogens is 326 g/mol. The van der Waals surface area contributed by atoms with Gasteiger partial charge in [-0.1, -0.05) is 0 Å². The number of carbonyl (C=O) groups is 1. The van der Waals surface area contributed by atoms with E-state index >= 15 is 0 Å². The maximum atomic E-state index is 12.6. The zero-order valence-corrected chi connectivity index (χ0v) is 14.4. The highest BCUT2D eigenvalue weighted by Crippen LogP contribution is 2.31. The first-order valence-electron chi connectivity index (χ1n) is 7.25. The number of aromatic nitrogens is 2. The minimum absolute atomic E-state index is 0.239. The molecule has 0 saturated carbocycles. The Labute approximate surface area is 143 Å². The van der Waals surface area contributed by atoms with Crippen LogP contribution in [0.25, 0.3) is 11.3 Å². The van der Waals surface area contributed by atoms with Crippen molar-refractivity contribution in [2.45, 2.75) is 6.92 Å². The molecule has 1 aromatic carbocycles. The van der Waals surface area contributed by atoms with Crippen molar-refractivity contribution in [2.24, 2.45) is 0 Å². The number of hydrogen-bond acceptors (Lipinski definition) is 5. The van der Waals surface area contributed by atoms with Crippen LogP contribution in [0.5, 0.6) is 11.5 Å². The van der Waals surface area contributed by atoms with E-state index in [-0.39, 0.29) is 5.91 Å². The molecule has 24 heavy (non-hydrogen) atoms. The SMILES string of the molecule is COc1ccc(C(=O)Nc2c(-c3ccsc3)n[nH]c2C)cc1OC. The van der Waals surface area contributed by atoms with E-state index in [0.717, 1.165) is 17.0 Å². The summed E-state index contributed by atoms with van der Waals surface area (Å²) >= 11 is 1.58. The van der Waals surface area contributed by atoms with Crippen LogP contribution in [0, 0.1) is 6.92 Å². The van der Waals surface area contributed by atoms with E-state index in [9.17, 15) is 4.79 Å². The number of anilines is 1. The summed E-state index contributed by atoms with van der Waals surface area (Å²) in [6.07, 6.45) is 0. The molecule has 0 spiro atoms. The van der Waals surface area contributed by atoms with Crippen LogP contribution in [0.2, 0.25) is 0 Å². The van der Waals surface area contributed by atoms with Gasteiger partial charge in [0.1, 0.15) is 5.69 Å². The molecule has 124 valence electrons. The van der Waals surface area contributed by atoms with E-state index in [4.69, 9.17) is 9.47 Å². The summed E-state index contributed by atoms with van der Waals surface area (Å²) in [5.41, 5.74) is 3.64. The third kappa shape index (κ3) is 2.98. The van der Waals surface area contributed by atoms with Crippen molar-refractivity contribution < 1.29 is 14.3 Å². The Kier molecular flexibility index (Phi) is 4.52. The summed E-state index contributed by atoms with van der Waals surface area (Å²) in [5, 5.41) is 14.1. The average molecular weight is 343 g/mol. The summed E-state index contributed by atoms with van der Waals surface area (Å²) in [5.74, 6) is 0.844. The number of aryl methyl sites for hydroxylation is 1. The third-order valence-corrected chi connectivity index (χ3v) is 4.31. The molecule has 6 nitrogen and oxygen atoms in total. The quantitative estimate of drug-likeness (QED) is 0.740. The smallest absolute Gasteiger partial charge is 0.255 e. The first kappa shape index (κ1) is 16.1. The number of benzene rings is 1. The summed E-state index contributed by atoms with van der Waals surface area (Å²) in [7, 11) is 3.09. The number of H-pyrrole nitrogens is 1. The first-order chi connectivity index (χ1) is 11.6. The number of carbonyl (C=O) groups excluding carboxylic acids is 1. The van der Waals surface area contributed by atoms with Gasteiger partial charge in [-0.3, -0.25) is 9.89 Å². The molecule has 0 aliphatic carbocycles. The lowest BCUT2D eigenvalue weighted by molar-refractivity contribution is 0.102. The van der Waals surface area contributed by atoms with Crippen LogP contribution in [0.1, 0.15) is 16.1 Å². The Hall–Kier alpha value is -2.80. The van der Waals surface area contributed by atoms with Gasteiger partial charge < -0.3 is 14.8 Å². The molecule has 0 bridgehead atoms. The maximum absolute atomic E-state index is 12.6. The van der Waals surface area contributed by atoms with Gasteiger partial charge in [0.15, 0.2) is 11.5 Å². The summed E-state index contributed by atoms with van der Waals surface area (Å²) < 4.78 is 10.4. The summed E-state index contributed by atoms with van der Waals surface area (Å²) in [6, 6.07) is 7.01. The van der Waals surface area contributed by atoms with E-state index in [1.165, 1.54) is 7.11 Å². The van der Waals surface area contributed by atoms with Gasteiger partial charge in [-0.05, 0) is 36.6 Å². The zero-order chi connectivity index (χ0) is 17.1. The van der Waals surface area contributed by atoms with Crippen LogP contribution in [0.15, 0.2) is 35.0 Å². The number of nitrogens with one attached hydrogen (secondary N) is 2. The van der Waals surface area contributed by atoms with Gasteiger partial charge in [0, 0.05) is 16.5 Å². The third-order valence-electron chi connectivity index (χ3n) is 3.63. The standard InChI is InChI=1S/C17H17N3O3S/c1-10-15(16(20-19-10)12-6-7-24-9-12)18-17(21)11-4-5-13(22-2)14(8-11)23-3/h4-9H,1-3H3,(H,18,21)(H,19,20). The van der Waals surface area contributed by atoms with E-state index in [0.29, 0.717) is 22.7 Å². The predicted octanol–water partition coefficient (Wildman–Crippen LogP) is 3.72. The second kappa shape index (κ2) is 6.76. The molecule has 1 amide bonds. The van der Waals surface area contributed by atoms with Crippen molar-refractivity contribution in [3.05, 3.63) is 46.3 Å². The molecule has 2 aromatic heterocycles. The lowest BCUT2D eigenvalue weighted by atomic mass is 10.1. The van der Waals surface area contributed by atoms with E-state index < -0.39 is 0 Å².